The average molecular weight is 346 g/mol. The number of ether oxygens (including phenoxy) is 1. The third kappa shape index (κ3) is 4.77. The Bertz CT molecular complexity index is 768. The molecule has 0 aliphatic heterocycles. The van der Waals surface area contributed by atoms with Gasteiger partial charge in [0.15, 0.2) is 0 Å². The quantitative estimate of drug-likeness (QED) is 0.702. The summed E-state index contributed by atoms with van der Waals surface area (Å²) in [4.78, 5) is 16.3. The molecule has 1 heterocycles. The van der Waals surface area contributed by atoms with E-state index in [9.17, 15) is 4.79 Å². The summed E-state index contributed by atoms with van der Waals surface area (Å²) >= 11 is 0. The molecule has 3 aromatic rings. The van der Waals surface area contributed by atoms with Crippen molar-refractivity contribution in [3.05, 3.63) is 102 Å². The number of nitrogens with one attached hydrogen (secondary N) is 1. The zero-order valence-corrected chi connectivity index (χ0v) is 14.7. The first kappa shape index (κ1) is 17.8. The van der Waals surface area contributed by atoms with Crippen LogP contribution in [0.4, 0.5) is 0 Å². The molecular weight excluding hydrogens is 324 g/mol. The summed E-state index contributed by atoms with van der Waals surface area (Å²) in [5.74, 6) is -0.147. The van der Waals surface area contributed by atoms with Crippen LogP contribution in [0.1, 0.15) is 35.8 Å². The van der Waals surface area contributed by atoms with Crippen LogP contribution >= 0.6 is 0 Å². The lowest BCUT2D eigenvalue weighted by molar-refractivity contribution is -0.127. The summed E-state index contributed by atoms with van der Waals surface area (Å²) in [6.07, 6.45) is 3.16. The van der Waals surface area contributed by atoms with Crippen molar-refractivity contribution in [2.24, 2.45) is 0 Å². The Morgan fingerprint density at radius 1 is 0.885 bits per heavy atom. The van der Waals surface area contributed by atoms with Gasteiger partial charge in [0, 0.05) is 12.4 Å². The molecule has 1 atom stereocenters. The Kier molecular flexibility index (Phi) is 6.12. The van der Waals surface area contributed by atoms with Gasteiger partial charge in [0.05, 0.1) is 6.04 Å². The maximum Gasteiger partial charge on any atom is 0.246 e. The van der Waals surface area contributed by atoms with E-state index in [0.29, 0.717) is 0 Å². The van der Waals surface area contributed by atoms with Crippen molar-refractivity contribution in [2.75, 3.05) is 6.61 Å². The number of rotatable bonds is 7. The van der Waals surface area contributed by atoms with Crippen molar-refractivity contribution >= 4 is 5.91 Å². The summed E-state index contributed by atoms with van der Waals surface area (Å²) in [5.41, 5.74) is 3.05. The predicted octanol–water partition coefficient (Wildman–Crippen LogP) is 4.07. The number of nitrogens with zero attached hydrogens (tertiary/aromatic N) is 1. The number of hydrogen-bond acceptors (Lipinski definition) is 3. The molecule has 3 rings (SSSR count). The van der Waals surface area contributed by atoms with Crippen molar-refractivity contribution in [1.82, 2.24) is 10.3 Å². The number of amides is 1. The van der Waals surface area contributed by atoms with Crippen LogP contribution in [-0.4, -0.2) is 17.5 Å². The van der Waals surface area contributed by atoms with E-state index in [0.717, 1.165) is 16.7 Å². The molecule has 1 amide bonds. The van der Waals surface area contributed by atoms with E-state index in [2.05, 4.69) is 10.3 Å². The summed E-state index contributed by atoms with van der Waals surface area (Å²) < 4.78 is 5.99. The highest BCUT2D eigenvalue weighted by Gasteiger charge is 2.17. The Hall–Kier alpha value is -2.98. The van der Waals surface area contributed by atoms with E-state index in [-0.39, 0.29) is 24.7 Å². The maximum absolute atomic E-state index is 12.3. The molecule has 4 nitrogen and oxygen atoms in total. The summed E-state index contributed by atoms with van der Waals surface area (Å²) in [5, 5.41) is 2.96. The summed E-state index contributed by atoms with van der Waals surface area (Å²) in [7, 11) is 0. The van der Waals surface area contributed by atoms with Crippen LogP contribution in [0.5, 0.6) is 0 Å². The van der Waals surface area contributed by atoms with Gasteiger partial charge in [0.1, 0.15) is 12.7 Å². The van der Waals surface area contributed by atoms with Gasteiger partial charge in [-0.15, -0.1) is 0 Å². The second-order valence-electron chi connectivity index (χ2n) is 6.08. The van der Waals surface area contributed by atoms with E-state index in [1.54, 1.807) is 12.4 Å². The minimum atomic E-state index is -0.278. The second-order valence-corrected chi connectivity index (χ2v) is 6.08. The molecule has 0 spiro atoms. The lowest BCUT2D eigenvalue weighted by atomic mass is 10.0. The fourth-order valence-electron chi connectivity index (χ4n) is 2.82. The number of pyridine rings is 1. The maximum atomic E-state index is 12.3. The minimum Gasteiger partial charge on any atom is -0.359 e. The molecule has 4 heteroatoms. The van der Waals surface area contributed by atoms with E-state index in [4.69, 9.17) is 4.74 Å². The van der Waals surface area contributed by atoms with Gasteiger partial charge in [-0.25, -0.2) is 0 Å². The number of hydrogen-bond donors (Lipinski definition) is 1. The van der Waals surface area contributed by atoms with Gasteiger partial charge >= 0.3 is 0 Å². The largest absolute Gasteiger partial charge is 0.359 e. The standard InChI is InChI=1S/C22H22N2O2/c1-17(18-12-14-23-15-13-18)24-21(25)16-26-22(19-8-4-2-5-9-19)20-10-6-3-7-11-20/h2-15,17,22H,16H2,1H3,(H,24,25). The molecule has 26 heavy (non-hydrogen) atoms. The van der Waals surface area contributed by atoms with Gasteiger partial charge in [0.2, 0.25) is 5.91 Å². The molecule has 2 aromatic carbocycles. The van der Waals surface area contributed by atoms with Crippen molar-refractivity contribution in [3.63, 3.8) is 0 Å². The molecular formula is C22H22N2O2. The molecule has 0 radical (unpaired) electrons. The molecule has 1 aromatic heterocycles. The zero-order chi connectivity index (χ0) is 18.2. The Labute approximate surface area is 153 Å². The van der Waals surface area contributed by atoms with Gasteiger partial charge < -0.3 is 10.1 Å². The Morgan fingerprint density at radius 2 is 1.42 bits per heavy atom. The van der Waals surface area contributed by atoms with Gasteiger partial charge in [-0.05, 0) is 35.7 Å². The average Bonchev–Trinajstić information content (AvgIpc) is 2.70. The van der Waals surface area contributed by atoms with Gasteiger partial charge in [-0.1, -0.05) is 60.7 Å². The van der Waals surface area contributed by atoms with Gasteiger partial charge in [-0.2, -0.15) is 0 Å². The normalized spacial score (nSPS) is 11.9. The van der Waals surface area contributed by atoms with E-state index < -0.39 is 0 Å². The van der Waals surface area contributed by atoms with Crippen LogP contribution in [0.2, 0.25) is 0 Å². The van der Waals surface area contributed by atoms with Crippen LogP contribution in [-0.2, 0) is 9.53 Å². The molecule has 0 aliphatic carbocycles. The van der Waals surface area contributed by atoms with Crippen LogP contribution in [0.15, 0.2) is 85.2 Å². The lowest BCUT2D eigenvalue weighted by Crippen LogP contribution is -2.30. The number of carbonyl (C=O) groups excluding carboxylic acids is 1. The third-order valence-electron chi connectivity index (χ3n) is 4.17. The first-order valence-electron chi connectivity index (χ1n) is 8.65. The summed E-state index contributed by atoms with van der Waals surface area (Å²) in [6, 6.07) is 23.5. The number of carbonyl (C=O) groups is 1. The minimum absolute atomic E-state index is 0.0100. The molecule has 132 valence electrons. The number of aromatic nitrogens is 1. The second kappa shape index (κ2) is 8.92. The molecule has 0 saturated carbocycles. The SMILES string of the molecule is CC(NC(=O)COC(c1ccccc1)c1ccccc1)c1ccncc1. The van der Waals surface area contributed by atoms with Gasteiger partial charge in [0.25, 0.3) is 0 Å². The Morgan fingerprint density at radius 3 is 1.96 bits per heavy atom. The van der Waals surface area contributed by atoms with E-state index >= 15 is 0 Å². The van der Waals surface area contributed by atoms with Crippen LogP contribution in [0.3, 0.4) is 0 Å². The Balaban J connectivity index is 1.65. The molecule has 1 N–H and O–H groups in total. The van der Waals surface area contributed by atoms with Crippen molar-refractivity contribution in [2.45, 2.75) is 19.1 Å². The van der Waals surface area contributed by atoms with Crippen molar-refractivity contribution in [1.29, 1.82) is 0 Å². The molecule has 0 fully saturated rings. The molecule has 0 aliphatic rings. The predicted molar refractivity (Wildman–Crippen MR) is 101 cm³/mol. The third-order valence-corrected chi connectivity index (χ3v) is 4.17. The summed E-state index contributed by atoms with van der Waals surface area (Å²) in [6.45, 7) is 1.93. The highest BCUT2D eigenvalue weighted by Crippen LogP contribution is 2.25. The molecule has 1 unspecified atom stereocenters. The lowest BCUT2D eigenvalue weighted by Gasteiger charge is -2.20. The van der Waals surface area contributed by atoms with E-state index in [1.807, 2.05) is 79.7 Å². The van der Waals surface area contributed by atoms with Gasteiger partial charge in [-0.3, -0.25) is 9.78 Å². The monoisotopic (exact) mass is 346 g/mol. The smallest absolute Gasteiger partial charge is 0.246 e. The fourth-order valence-corrected chi connectivity index (χ4v) is 2.82. The van der Waals surface area contributed by atoms with Crippen molar-refractivity contribution in [3.8, 4) is 0 Å². The van der Waals surface area contributed by atoms with Crippen LogP contribution < -0.4 is 5.32 Å². The molecule has 0 saturated heterocycles. The van der Waals surface area contributed by atoms with E-state index in [1.165, 1.54) is 0 Å². The zero-order valence-electron chi connectivity index (χ0n) is 14.7. The fraction of sp³-hybridized carbons (Fsp3) is 0.182. The highest BCUT2D eigenvalue weighted by atomic mass is 16.5. The first-order chi connectivity index (χ1) is 12.7. The number of benzene rings is 2. The topological polar surface area (TPSA) is 51.2 Å². The molecule has 0 bridgehead atoms. The first-order valence-corrected chi connectivity index (χ1v) is 8.65. The van der Waals surface area contributed by atoms with Crippen LogP contribution in [0, 0.1) is 0 Å². The van der Waals surface area contributed by atoms with Crippen molar-refractivity contribution < 1.29 is 9.53 Å². The van der Waals surface area contributed by atoms with Crippen LogP contribution in [0.25, 0.3) is 0 Å². The highest BCUT2D eigenvalue weighted by molar-refractivity contribution is 5.77.